The van der Waals surface area contributed by atoms with Gasteiger partial charge in [-0.1, -0.05) is 42.0 Å². The maximum atomic E-state index is 13.6. The molecular weight excluding hydrogens is 447 g/mol. The molecule has 176 valence electrons. The molecule has 0 unspecified atom stereocenters. The molecule has 0 aliphatic rings. The quantitative estimate of drug-likeness (QED) is 0.351. The van der Waals surface area contributed by atoms with Crippen LogP contribution in [0.1, 0.15) is 39.5 Å². The number of hydrogen-bond acceptors (Lipinski definition) is 3. The summed E-state index contributed by atoms with van der Waals surface area (Å²) in [6.45, 7) is 11.2. The van der Waals surface area contributed by atoms with Gasteiger partial charge in [0.25, 0.3) is 0 Å². The highest BCUT2D eigenvalue weighted by Crippen LogP contribution is 2.24. The summed E-state index contributed by atoms with van der Waals surface area (Å²) < 4.78 is 17.4. The van der Waals surface area contributed by atoms with Crippen molar-refractivity contribution in [2.75, 3.05) is 10.6 Å². The van der Waals surface area contributed by atoms with Crippen LogP contribution in [0.3, 0.4) is 0 Å². The summed E-state index contributed by atoms with van der Waals surface area (Å²) in [6.07, 6.45) is 0. The predicted octanol–water partition coefficient (Wildman–Crippen LogP) is 5.67. The summed E-state index contributed by atoms with van der Waals surface area (Å²) >= 11 is 5.62. The second-order valence-corrected chi connectivity index (χ2v) is 9.01. The minimum absolute atomic E-state index is 0.253. The van der Waals surface area contributed by atoms with Crippen LogP contribution in [0.2, 0.25) is 0 Å². The molecule has 0 fully saturated rings. The van der Waals surface area contributed by atoms with E-state index in [1.807, 2.05) is 43.1 Å². The Labute approximate surface area is 204 Å². The van der Waals surface area contributed by atoms with Gasteiger partial charge in [0.05, 0.1) is 47.2 Å². The second kappa shape index (κ2) is 9.77. The molecule has 0 aliphatic carbocycles. The zero-order chi connectivity index (χ0) is 24.4. The number of halogens is 1. The zero-order valence-corrected chi connectivity index (χ0v) is 20.9. The van der Waals surface area contributed by atoms with Gasteiger partial charge < -0.3 is 10.6 Å². The fourth-order valence-electron chi connectivity index (χ4n) is 4.00. The Morgan fingerprint density at radius 2 is 1.32 bits per heavy atom. The highest BCUT2D eigenvalue weighted by Gasteiger charge is 2.16. The standard InChI is InChI=1S/C26H29FN6S/c1-16-9-11-21(12-10-16)14-32-19(4)24(17(2)30-32)28-26(34)29-25-18(3)31-33(20(25)5)15-22-7-6-8-23(27)13-22/h6-13H,14-15H2,1-5H3,(H2,28,29,34). The molecule has 0 amide bonds. The van der Waals surface area contributed by atoms with Gasteiger partial charge in [0.1, 0.15) is 5.82 Å². The highest BCUT2D eigenvalue weighted by molar-refractivity contribution is 7.80. The first-order valence-electron chi connectivity index (χ1n) is 11.2. The Hall–Kier alpha value is -3.52. The van der Waals surface area contributed by atoms with Crippen molar-refractivity contribution >= 4 is 28.7 Å². The summed E-state index contributed by atoms with van der Waals surface area (Å²) in [7, 11) is 0. The number of nitrogens with one attached hydrogen (secondary N) is 2. The van der Waals surface area contributed by atoms with E-state index < -0.39 is 0 Å². The third-order valence-corrected chi connectivity index (χ3v) is 6.12. The van der Waals surface area contributed by atoms with Crippen LogP contribution >= 0.6 is 12.2 Å². The fourth-order valence-corrected chi connectivity index (χ4v) is 4.20. The molecule has 4 rings (SSSR count). The van der Waals surface area contributed by atoms with Gasteiger partial charge in [-0.2, -0.15) is 10.2 Å². The van der Waals surface area contributed by atoms with Gasteiger partial charge >= 0.3 is 0 Å². The van der Waals surface area contributed by atoms with E-state index in [9.17, 15) is 4.39 Å². The number of benzene rings is 2. The number of nitrogens with zero attached hydrogens (tertiary/aromatic N) is 4. The third kappa shape index (κ3) is 5.17. The molecule has 2 heterocycles. The molecule has 0 radical (unpaired) electrons. The van der Waals surface area contributed by atoms with Crippen LogP contribution in [-0.2, 0) is 13.1 Å². The van der Waals surface area contributed by atoms with Crippen LogP contribution < -0.4 is 10.6 Å². The van der Waals surface area contributed by atoms with Crippen molar-refractivity contribution in [1.29, 1.82) is 0 Å². The van der Waals surface area contributed by atoms with Crippen molar-refractivity contribution in [3.05, 3.63) is 93.8 Å². The molecule has 8 heteroatoms. The van der Waals surface area contributed by atoms with Gasteiger partial charge in [-0.05, 0) is 70.1 Å². The van der Waals surface area contributed by atoms with Gasteiger partial charge in [0.15, 0.2) is 5.11 Å². The van der Waals surface area contributed by atoms with Crippen LogP contribution in [0, 0.1) is 40.4 Å². The van der Waals surface area contributed by atoms with Crippen molar-refractivity contribution in [1.82, 2.24) is 19.6 Å². The lowest BCUT2D eigenvalue weighted by molar-refractivity contribution is 0.616. The SMILES string of the molecule is Cc1ccc(Cn2nc(C)c(NC(=S)Nc3c(C)nn(Cc4cccc(F)c4)c3C)c2C)cc1. The topological polar surface area (TPSA) is 59.7 Å². The normalized spacial score (nSPS) is 11.0. The van der Waals surface area contributed by atoms with E-state index in [1.54, 1.807) is 6.07 Å². The number of rotatable bonds is 6. The molecule has 6 nitrogen and oxygen atoms in total. The monoisotopic (exact) mass is 476 g/mol. The molecule has 2 aromatic carbocycles. The number of hydrogen-bond donors (Lipinski definition) is 2. The molecule has 0 atom stereocenters. The Morgan fingerprint density at radius 3 is 1.85 bits per heavy atom. The van der Waals surface area contributed by atoms with Gasteiger partial charge in [0, 0.05) is 0 Å². The van der Waals surface area contributed by atoms with Gasteiger partial charge in [-0.3, -0.25) is 9.36 Å². The summed E-state index contributed by atoms with van der Waals surface area (Å²) in [4.78, 5) is 0. The number of aromatic nitrogens is 4. The minimum Gasteiger partial charge on any atom is -0.329 e. The average Bonchev–Trinajstić information content (AvgIpc) is 3.19. The molecule has 0 saturated heterocycles. The highest BCUT2D eigenvalue weighted by atomic mass is 32.1. The van der Waals surface area contributed by atoms with Gasteiger partial charge in [-0.25, -0.2) is 4.39 Å². The van der Waals surface area contributed by atoms with E-state index in [1.165, 1.54) is 23.3 Å². The van der Waals surface area contributed by atoms with E-state index in [0.717, 1.165) is 39.7 Å². The molecule has 34 heavy (non-hydrogen) atoms. The van der Waals surface area contributed by atoms with E-state index in [4.69, 9.17) is 17.3 Å². The lowest BCUT2D eigenvalue weighted by atomic mass is 10.1. The second-order valence-electron chi connectivity index (χ2n) is 8.60. The van der Waals surface area contributed by atoms with Crippen LogP contribution in [0.5, 0.6) is 0 Å². The number of anilines is 2. The average molecular weight is 477 g/mol. The van der Waals surface area contributed by atoms with Crippen LogP contribution in [0.4, 0.5) is 15.8 Å². The smallest absolute Gasteiger partial charge is 0.175 e. The van der Waals surface area contributed by atoms with Crippen molar-refractivity contribution in [3.63, 3.8) is 0 Å². The van der Waals surface area contributed by atoms with E-state index in [0.29, 0.717) is 18.2 Å². The van der Waals surface area contributed by atoms with Crippen LogP contribution in [-0.4, -0.2) is 24.7 Å². The van der Waals surface area contributed by atoms with Crippen molar-refractivity contribution in [3.8, 4) is 0 Å². The van der Waals surface area contributed by atoms with Gasteiger partial charge in [0.2, 0.25) is 0 Å². The van der Waals surface area contributed by atoms with Crippen molar-refractivity contribution < 1.29 is 4.39 Å². The summed E-state index contributed by atoms with van der Waals surface area (Å²) in [5, 5.41) is 16.4. The third-order valence-electron chi connectivity index (χ3n) is 5.91. The Kier molecular flexibility index (Phi) is 6.79. The van der Waals surface area contributed by atoms with Crippen LogP contribution in [0.15, 0.2) is 48.5 Å². The minimum atomic E-state index is -0.253. The lowest BCUT2D eigenvalue weighted by Gasteiger charge is -2.12. The van der Waals surface area contributed by atoms with Crippen molar-refractivity contribution in [2.24, 2.45) is 0 Å². The molecular formula is C26H29FN6S. The first-order valence-corrected chi connectivity index (χ1v) is 11.6. The summed E-state index contributed by atoms with van der Waals surface area (Å²) in [5.74, 6) is -0.253. The summed E-state index contributed by atoms with van der Waals surface area (Å²) in [6, 6.07) is 15.0. The van der Waals surface area contributed by atoms with Crippen molar-refractivity contribution in [2.45, 2.75) is 47.7 Å². The van der Waals surface area contributed by atoms with Gasteiger partial charge in [-0.15, -0.1) is 0 Å². The maximum absolute atomic E-state index is 13.6. The molecule has 0 spiro atoms. The van der Waals surface area contributed by atoms with E-state index >= 15 is 0 Å². The fraction of sp³-hybridized carbons (Fsp3) is 0.269. The molecule has 2 aromatic heterocycles. The summed E-state index contributed by atoms with van der Waals surface area (Å²) in [5.41, 5.74) is 8.66. The molecule has 2 N–H and O–H groups in total. The lowest BCUT2D eigenvalue weighted by Crippen LogP contribution is -2.21. The largest absolute Gasteiger partial charge is 0.329 e. The Balaban J connectivity index is 1.47. The molecule has 0 bridgehead atoms. The first-order chi connectivity index (χ1) is 16.2. The van der Waals surface area contributed by atoms with Crippen LogP contribution in [0.25, 0.3) is 0 Å². The molecule has 4 aromatic rings. The Bertz CT molecular complexity index is 1340. The Morgan fingerprint density at radius 1 is 0.794 bits per heavy atom. The maximum Gasteiger partial charge on any atom is 0.175 e. The predicted molar refractivity (Wildman–Crippen MR) is 139 cm³/mol. The molecule has 0 saturated carbocycles. The van der Waals surface area contributed by atoms with E-state index in [2.05, 4.69) is 46.9 Å². The number of aryl methyl sites for hydroxylation is 3. The number of thiocarbonyl (C=S) groups is 1. The first kappa shape index (κ1) is 23.6. The molecule has 0 aliphatic heterocycles. The zero-order valence-electron chi connectivity index (χ0n) is 20.1. The van der Waals surface area contributed by atoms with E-state index in [-0.39, 0.29) is 5.82 Å².